The van der Waals surface area contributed by atoms with Crippen LogP contribution in [0.4, 0.5) is 0 Å². The number of nitrogens with two attached hydrogens (primary N) is 1. The number of carboxylic acids is 2. The van der Waals surface area contributed by atoms with E-state index in [2.05, 4.69) is 49.2 Å². The SMILES string of the molecule is N[C@@H](CS)C(=O)NCC(=O)NCC(=O)N[C@@H](Cc1cnc[nH]1)C(=O)NCC(=O)N1CCC[C@H]1C(=O)N[C@@H](CCC(=O)O)C(=O)O. The first-order valence-electron chi connectivity index (χ1n) is 13.8. The first-order chi connectivity index (χ1) is 21.3. The highest BCUT2D eigenvalue weighted by Gasteiger charge is 2.36. The molecule has 248 valence electrons. The number of rotatable bonds is 18. The van der Waals surface area contributed by atoms with Crippen molar-refractivity contribution in [1.82, 2.24) is 41.5 Å². The number of hydrogen-bond acceptors (Lipinski definition) is 11. The maximum atomic E-state index is 13.0. The van der Waals surface area contributed by atoms with Gasteiger partial charge in [0.25, 0.3) is 0 Å². The molecule has 1 saturated heterocycles. The van der Waals surface area contributed by atoms with E-state index in [4.69, 9.17) is 10.8 Å². The summed E-state index contributed by atoms with van der Waals surface area (Å²) in [4.78, 5) is 105. The molecule has 0 unspecified atom stereocenters. The molecule has 45 heavy (non-hydrogen) atoms. The Morgan fingerprint density at radius 1 is 0.978 bits per heavy atom. The Bertz CT molecular complexity index is 1250. The van der Waals surface area contributed by atoms with E-state index in [0.717, 1.165) is 0 Å². The number of carboxylic acid groups (broad SMARTS) is 2. The van der Waals surface area contributed by atoms with Gasteiger partial charge in [-0.2, -0.15) is 12.6 Å². The average Bonchev–Trinajstić information content (AvgIpc) is 3.71. The predicted molar refractivity (Wildman–Crippen MR) is 156 cm³/mol. The Kier molecular flexibility index (Phi) is 14.7. The minimum atomic E-state index is -1.46. The lowest BCUT2D eigenvalue weighted by Gasteiger charge is -2.26. The third-order valence-electron chi connectivity index (χ3n) is 6.58. The summed E-state index contributed by atoms with van der Waals surface area (Å²) in [7, 11) is 0. The molecule has 1 fully saturated rings. The smallest absolute Gasteiger partial charge is 0.326 e. The van der Waals surface area contributed by atoms with E-state index in [9.17, 15) is 43.5 Å². The van der Waals surface area contributed by atoms with Gasteiger partial charge in [-0.3, -0.25) is 33.6 Å². The molecule has 19 nitrogen and oxygen atoms in total. The van der Waals surface area contributed by atoms with Crippen molar-refractivity contribution in [1.29, 1.82) is 0 Å². The highest BCUT2D eigenvalue weighted by Crippen LogP contribution is 2.18. The standard InChI is InChI=1S/C25H37N9O10S/c26-14(11-45)22(40)29-8-18(35)28-9-19(36)32-16(6-13-7-27-12-31-13)23(41)30-10-20(37)34-5-1-2-17(34)24(42)33-15(25(43)44)3-4-21(38)39/h7,12,14-17,45H,1-6,8-11,26H2,(H,27,31)(H,28,35)(H,29,40)(H,30,41)(H,32,36)(H,33,42)(H,38,39)(H,43,44)/t14-,15-,16-,17-/m0/s1. The van der Waals surface area contributed by atoms with Crippen molar-refractivity contribution >= 4 is 60.0 Å². The molecule has 0 radical (unpaired) electrons. The molecule has 1 aliphatic heterocycles. The van der Waals surface area contributed by atoms with Gasteiger partial charge in [0.15, 0.2) is 0 Å². The molecule has 0 bridgehead atoms. The molecule has 4 atom stereocenters. The largest absolute Gasteiger partial charge is 0.481 e. The maximum absolute atomic E-state index is 13.0. The monoisotopic (exact) mass is 655 g/mol. The zero-order valence-corrected chi connectivity index (χ0v) is 25.0. The van der Waals surface area contributed by atoms with Crippen molar-refractivity contribution in [3.05, 3.63) is 18.2 Å². The number of imidazole rings is 1. The van der Waals surface area contributed by atoms with Gasteiger partial charge in [-0.1, -0.05) is 0 Å². The Hall–Kier alpha value is -4.72. The number of hydrogen-bond donors (Lipinski definition) is 10. The van der Waals surface area contributed by atoms with Crippen LogP contribution in [0, 0.1) is 0 Å². The molecule has 2 heterocycles. The van der Waals surface area contributed by atoms with E-state index >= 15 is 0 Å². The number of nitrogens with zero attached hydrogens (tertiary/aromatic N) is 2. The van der Waals surface area contributed by atoms with Gasteiger partial charge < -0.3 is 52.4 Å². The number of carbonyl (C=O) groups excluding carboxylic acids is 6. The minimum absolute atomic E-state index is 0.0565. The fourth-order valence-electron chi connectivity index (χ4n) is 4.21. The van der Waals surface area contributed by atoms with E-state index in [-0.39, 0.29) is 31.6 Å². The van der Waals surface area contributed by atoms with Crippen LogP contribution in [-0.4, -0.2) is 129 Å². The molecular weight excluding hydrogens is 618 g/mol. The van der Waals surface area contributed by atoms with Gasteiger partial charge in [0.2, 0.25) is 35.4 Å². The molecular formula is C25H37N9O10S. The van der Waals surface area contributed by atoms with Gasteiger partial charge in [0.1, 0.15) is 18.1 Å². The maximum Gasteiger partial charge on any atom is 0.326 e. The highest BCUT2D eigenvalue weighted by molar-refractivity contribution is 7.80. The van der Waals surface area contributed by atoms with Gasteiger partial charge in [0.05, 0.1) is 32.0 Å². The number of aromatic amines is 1. The fraction of sp³-hybridized carbons (Fsp3) is 0.560. The van der Waals surface area contributed by atoms with Crippen LogP contribution in [0.5, 0.6) is 0 Å². The highest BCUT2D eigenvalue weighted by atomic mass is 32.1. The molecule has 1 aliphatic rings. The molecule has 0 aliphatic carbocycles. The molecule has 6 amide bonds. The van der Waals surface area contributed by atoms with Crippen LogP contribution in [0.15, 0.2) is 12.5 Å². The summed E-state index contributed by atoms with van der Waals surface area (Å²) in [5.41, 5.74) is 5.97. The van der Waals surface area contributed by atoms with Crippen LogP contribution in [0.3, 0.4) is 0 Å². The normalized spacial score (nSPS) is 16.0. The molecule has 0 saturated carbocycles. The average molecular weight is 656 g/mol. The van der Waals surface area contributed by atoms with Gasteiger partial charge >= 0.3 is 11.9 Å². The second-order valence-corrected chi connectivity index (χ2v) is 10.3. The number of amides is 6. The van der Waals surface area contributed by atoms with Crippen LogP contribution in [0.25, 0.3) is 0 Å². The summed E-state index contributed by atoms with van der Waals surface area (Å²) in [6.45, 7) is -1.37. The lowest BCUT2D eigenvalue weighted by Crippen LogP contribution is -2.54. The van der Waals surface area contributed by atoms with Crippen molar-refractivity contribution in [2.45, 2.75) is 56.3 Å². The molecule has 20 heteroatoms. The van der Waals surface area contributed by atoms with Crippen molar-refractivity contribution in [2.75, 3.05) is 31.9 Å². The third kappa shape index (κ3) is 12.4. The zero-order valence-electron chi connectivity index (χ0n) is 24.1. The Morgan fingerprint density at radius 2 is 1.67 bits per heavy atom. The van der Waals surface area contributed by atoms with E-state index < -0.39 is 97.6 Å². The molecule has 0 aromatic carbocycles. The number of likely N-dealkylation sites (tertiary alicyclic amines) is 1. The predicted octanol–water partition coefficient (Wildman–Crippen LogP) is -4.53. The van der Waals surface area contributed by atoms with Gasteiger partial charge in [0, 0.05) is 37.0 Å². The summed E-state index contributed by atoms with van der Waals surface area (Å²) in [5.74, 6) is -6.78. The van der Waals surface area contributed by atoms with E-state index in [1.54, 1.807) is 0 Å². The van der Waals surface area contributed by atoms with Crippen molar-refractivity contribution in [2.24, 2.45) is 5.73 Å². The van der Waals surface area contributed by atoms with Gasteiger partial charge in [-0.05, 0) is 19.3 Å². The fourth-order valence-corrected chi connectivity index (χ4v) is 4.38. The van der Waals surface area contributed by atoms with Crippen LogP contribution in [0.2, 0.25) is 0 Å². The minimum Gasteiger partial charge on any atom is -0.481 e. The van der Waals surface area contributed by atoms with Gasteiger partial charge in [-0.25, -0.2) is 9.78 Å². The number of carbonyl (C=O) groups is 8. The number of aromatic nitrogens is 2. The molecule has 2 rings (SSSR count). The zero-order chi connectivity index (χ0) is 33.5. The van der Waals surface area contributed by atoms with Crippen molar-refractivity contribution in [3.63, 3.8) is 0 Å². The molecule has 10 N–H and O–H groups in total. The van der Waals surface area contributed by atoms with Gasteiger partial charge in [-0.15, -0.1) is 0 Å². The van der Waals surface area contributed by atoms with Crippen molar-refractivity contribution in [3.8, 4) is 0 Å². The number of nitrogens with one attached hydrogen (secondary N) is 6. The lowest BCUT2D eigenvalue weighted by molar-refractivity contribution is -0.144. The Balaban J connectivity index is 1.94. The van der Waals surface area contributed by atoms with Crippen LogP contribution in [0.1, 0.15) is 31.4 Å². The van der Waals surface area contributed by atoms with Crippen LogP contribution in [-0.2, 0) is 44.8 Å². The number of thiol groups is 1. The second-order valence-electron chi connectivity index (χ2n) is 9.98. The summed E-state index contributed by atoms with van der Waals surface area (Å²) in [6, 6.07) is -4.61. The summed E-state index contributed by atoms with van der Waals surface area (Å²) in [5, 5.41) is 29.9. The van der Waals surface area contributed by atoms with Crippen LogP contribution >= 0.6 is 12.6 Å². The quantitative estimate of drug-likeness (QED) is 0.0669. The van der Waals surface area contributed by atoms with E-state index in [0.29, 0.717) is 12.1 Å². The second kappa shape index (κ2) is 18.2. The van der Waals surface area contributed by atoms with E-state index in [1.807, 2.05) is 0 Å². The van der Waals surface area contributed by atoms with Crippen molar-refractivity contribution < 1.29 is 48.6 Å². The first-order valence-corrected chi connectivity index (χ1v) is 14.4. The lowest BCUT2D eigenvalue weighted by atomic mass is 10.1. The molecule has 0 spiro atoms. The Morgan fingerprint density at radius 3 is 2.29 bits per heavy atom. The van der Waals surface area contributed by atoms with Crippen LogP contribution < -0.4 is 32.3 Å². The summed E-state index contributed by atoms with van der Waals surface area (Å²) >= 11 is 3.89. The topological polar surface area (TPSA) is 295 Å². The summed E-state index contributed by atoms with van der Waals surface area (Å²) < 4.78 is 0. The number of aliphatic carboxylic acids is 2. The third-order valence-corrected chi connectivity index (χ3v) is 6.98. The number of H-pyrrole nitrogens is 1. The summed E-state index contributed by atoms with van der Waals surface area (Å²) in [6.07, 6.45) is 2.56. The Labute approximate surface area is 262 Å². The molecule has 1 aromatic heterocycles. The molecule has 1 aromatic rings. The van der Waals surface area contributed by atoms with E-state index in [1.165, 1.54) is 17.4 Å². The first kappa shape index (κ1) is 36.5.